The highest BCUT2D eigenvalue weighted by molar-refractivity contribution is 7.80. The van der Waals surface area contributed by atoms with E-state index in [1.807, 2.05) is 18.2 Å². The lowest BCUT2D eigenvalue weighted by atomic mass is 10.1. The first-order valence-electron chi connectivity index (χ1n) is 8.04. The van der Waals surface area contributed by atoms with Crippen molar-refractivity contribution in [3.63, 3.8) is 0 Å². The van der Waals surface area contributed by atoms with Crippen LogP contribution in [-0.4, -0.2) is 21.1 Å². The number of hydrogen-bond acceptors (Lipinski definition) is 4. The number of Topliss-reactive ketones (excluding diaryl/α,β-unsaturated/α-hetero) is 1. The number of carbonyl (C=O) groups excluding carboxylic acids is 1. The van der Waals surface area contributed by atoms with Crippen LogP contribution in [-0.2, 0) is 11.3 Å². The fourth-order valence-electron chi connectivity index (χ4n) is 2.25. The van der Waals surface area contributed by atoms with Gasteiger partial charge in [0.1, 0.15) is 5.75 Å². The van der Waals surface area contributed by atoms with Gasteiger partial charge in [-0.1, -0.05) is 31.5 Å². The fourth-order valence-corrected chi connectivity index (χ4v) is 2.59. The van der Waals surface area contributed by atoms with E-state index in [1.54, 1.807) is 18.2 Å². The minimum atomic E-state index is -2.29. The number of anilines is 2. The molecule has 1 atom stereocenters. The molecule has 3 N–H and O–H groups in total. The van der Waals surface area contributed by atoms with Crippen LogP contribution in [0.3, 0.4) is 0 Å². The van der Waals surface area contributed by atoms with Crippen LogP contribution in [0.4, 0.5) is 11.4 Å². The highest BCUT2D eigenvalue weighted by atomic mass is 32.2. The fraction of sp³-hybridized carbons (Fsp3) is 0.278. The molecule has 25 heavy (non-hydrogen) atoms. The molecule has 0 heterocycles. The number of nitrogens with one attached hydrogen (secondary N) is 2. The average molecular weight is 362 g/mol. The molecule has 7 heteroatoms. The van der Waals surface area contributed by atoms with E-state index in [4.69, 9.17) is 4.74 Å². The molecule has 2 aromatic carbocycles. The zero-order valence-electron chi connectivity index (χ0n) is 14.2. The molecular weight excluding hydrogens is 340 g/mol. The Morgan fingerprint density at radius 1 is 1.20 bits per heavy atom. The topological polar surface area (TPSA) is 87.7 Å². The number of ether oxygens (including phenoxy) is 1. The smallest absolute Gasteiger partial charge is 0.259 e. The summed E-state index contributed by atoms with van der Waals surface area (Å²) in [5.74, 6) is 0.815. The highest BCUT2D eigenvalue weighted by Crippen LogP contribution is 2.38. The number of unbranched alkanes of at least 4 members (excludes halogenated alkanes) is 1. The number of ketones is 1. The maximum atomic E-state index is 11.8. The van der Waals surface area contributed by atoms with Crippen molar-refractivity contribution in [2.24, 2.45) is 0 Å². The first-order chi connectivity index (χ1) is 12.0. The number of para-hydroxylation sites is 1. The third-order valence-electron chi connectivity index (χ3n) is 3.50. The first-order valence-corrected chi connectivity index (χ1v) is 9.15. The second-order valence-electron chi connectivity index (χ2n) is 5.50. The van der Waals surface area contributed by atoms with E-state index in [-0.39, 0.29) is 11.5 Å². The van der Waals surface area contributed by atoms with Crippen LogP contribution in [0.25, 0.3) is 0 Å². The van der Waals surface area contributed by atoms with Crippen LogP contribution in [0.1, 0.15) is 37.0 Å². The summed E-state index contributed by atoms with van der Waals surface area (Å²) in [7, 11) is 0. The van der Waals surface area contributed by atoms with Crippen molar-refractivity contribution in [1.82, 2.24) is 0 Å². The third kappa shape index (κ3) is 5.58. The summed E-state index contributed by atoms with van der Waals surface area (Å²) in [5, 5.41) is 3.25. The Balaban J connectivity index is 2.48. The van der Waals surface area contributed by atoms with Gasteiger partial charge in [-0.3, -0.25) is 14.1 Å². The summed E-state index contributed by atoms with van der Waals surface area (Å²) < 4.78 is 28.9. The average Bonchev–Trinajstić information content (AvgIpc) is 2.57. The monoisotopic (exact) mass is 362 g/mol. The zero-order valence-corrected chi connectivity index (χ0v) is 15.1. The molecule has 134 valence electrons. The summed E-state index contributed by atoms with van der Waals surface area (Å²) in [6.45, 7) is 4.23. The first kappa shape index (κ1) is 19.0. The van der Waals surface area contributed by atoms with Crippen LogP contribution < -0.4 is 14.8 Å². The minimum absolute atomic E-state index is 0.142. The van der Waals surface area contributed by atoms with Gasteiger partial charge in [0, 0.05) is 12.1 Å². The second kappa shape index (κ2) is 9.19. The van der Waals surface area contributed by atoms with E-state index in [1.165, 1.54) is 13.0 Å². The largest absolute Gasteiger partial charge is 0.453 e. The van der Waals surface area contributed by atoms with E-state index < -0.39 is 11.3 Å². The van der Waals surface area contributed by atoms with Crippen molar-refractivity contribution in [3.05, 3.63) is 48.0 Å². The molecule has 0 spiro atoms. The van der Waals surface area contributed by atoms with Gasteiger partial charge in [-0.25, -0.2) is 4.21 Å². The molecule has 0 aliphatic heterocycles. The Hall–Kier alpha value is -2.38. The van der Waals surface area contributed by atoms with Crippen LogP contribution >= 0.6 is 0 Å². The normalized spacial score (nSPS) is 11.6. The highest BCUT2D eigenvalue weighted by Gasteiger charge is 2.16. The lowest BCUT2D eigenvalue weighted by Crippen LogP contribution is -2.09. The van der Waals surface area contributed by atoms with E-state index in [2.05, 4.69) is 17.0 Å². The number of benzene rings is 2. The van der Waals surface area contributed by atoms with Crippen LogP contribution in [0, 0.1) is 0 Å². The maximum absolute atomic E-state index is 11.8. The van der Waals surface area contributed by atoms with Gasteiger partial charge in [0.2, 0.25) is 0 Å². The number of rotatable bonds is 9. The van der Waals surface area contributed by atoms with Gasteiger partial charge < -0.3 is 10.1 Å². The molecule has 0 aliphatic carbocycles. The molecule has 0 amide bonds. The molecule has 0 aliphatic rings. The van der Waals surface area contributed by atoms with E-state index in [0.717, 1.165) is 12.8 Å². The Kier molecular flexibility index (Phi) is 6.97. The predicted molar refractivity (Wildman–Crippen MR) is 101 cm³/mol. The summed E-state index contributed by atoms with van der Waals surface area (Å²) in [4.78, 5) is 11.8. The van der Waals surface area contributed by atoms with Gasteiger partial charge >= 0.3 is 0 Å². The molecule has 6 nitrogen and oxygen atoms in total. The SMILES string of the molecule is CCCCNc1cc(C(C)=O)cc(NS(=O)O)c1Oc1ccccc1. The van der Waals surface area contributed by atoms with E-state index in [0.29, 0.717) is 29.3 Å². The van der Waals surface area contributed by atoms with Gasteiger partial charge in [0.25, 0.3) is 11.3 Å². The summed E-state index contributed by atoms with van der Waals surface area (Å²) >= 11 is -2.29. The molecule has 0 saturated heterocycles. The van der Waals surface area contributed by atoms with Crippen molar-refractivity contribution in [2.75, 3.05) is 16.6 Å². The van der Waals surface area contributed by atoms with Gasteiger partial charge in [-0.2, -0.15) is 0 Å². The lowest BCUT2D eigenvalue weighted by molar-refractivity contribution is 0.101. The Bertz CT molecular complexity index is 750. The Morgan fingerprint density at radius 3 is 2.48 bits per heavy atom. The second-order valence-corrected chi connectivity index (χ2v) is 6.21. The quantitative estimate of drug-likeness (QED) is 0.349. The van der Waals surface area contributed by atoms with E-state index in [9.17, 15) is 13.6 Å². The van der Waals surface area contributed by atoms with Gasteiger partial charge in [0.05, 0.1) is 11.4 Å². The van der Waals surface area contributed by atoms with Crippen LogP contribution in [0.15, 0.2) is 42.5 Å². The predicted octanol–water partition coefficient (Wildman–Crippen LogP) is 4.44. The van der Waals surface area contributed by atoms with Crippen molar-refractivity contribution in [3.8, 4) is 11.5 Å². The van der Waals surface area contributed by atoms with Crippen molar-refractivity contribution in [2.45, 2.75) is 26.7 Å². The van der Waals surface area contributed by atoms with Crippen LogP contribution in [0.5, 0.6) is 11.5 Å². The Labute approximate surface area is 150 Å². The molecule has 0 fully saturated rings. The molecule has 0 saturated carbocycles. The summed E-state index contributed by atoms with van der Waals surface area (Å²) in [6, 6.07) is 12.3. The van der Waals surface area contributed by atoms with Crippen LogP contribution in [0.2, 0.25) is 0 Å². The van der Waals surface area contributed by atoms with Crippen molar-refractivity contribution < 1.29 is 18.3 Å². The molecule has 1 unspecified atom stereocenters. The standard InChI is InChI=1S/C18H22N2O4S/c1-3-4-10-19-16-11-14(13(2)21)12-17(20-25(22)23)18(16)24-15-8-6-5-7-9-15/h5-9,11-12,19-20H,3-4,10H2,1-2H3,(H,22,23). The molecular formula is C18H22N2O4S. The molecule has 2 aromatic rings. The van der Waals surface area contributed by atoms with Gasteiger partial charge in [-0.05, 0) is 37.6 Å². The molecule has 0 bridgehead atoms. The summed E-state index contributed by atoms with van der Waals surface area (Å²) in [6.07, 6.45) is 1.96. The third-order valence-corrected chi connectivity index (χ3v) is 3.90. The minimum Gasteiger partial charge on any atom is -0.453 e. The van der Waals surface area contributed by atoms with Gasteiger partial charge in [0.15, 0.2) is 11.5 Å². The van der Waals surface area contributed by atoms with Crippen molar-refractivity contribution >= 4 is 28.4 Å². The number of hydrogen-bond donors (Lipinski definition) is 3. The molecule has 0 radical (unpaired) electrons. The zero-order chi connectivity index (χ0) is 18.2. The van der Waals surface area contributed by atoms with Gasteiger partial charge in [-0.15, -0.1) is 0 Å². The summed E-state index contributed by atoms with van der Waals surface area (Å²) in [5.41, 5.74) is 1.29. The molecule has 0 aromatic heterocycles. The molecule has 2 rings (SSSR count). The lowest BCUT2D eigenvalue weighted by Gasteiger charge is -2.18. The maximum Gasteiger partial charge on any atom is 0.259 e. The van der Waals surface area contributed by atoms with Crippen molar-refractivity contribution in [1.29, 1.82) is 0 Å². The number of carbonyl (C=O) groups is 1. The van der Waals surface area contributed by atoms with E-state index >= 15 is 0 Å². The Morgan fingerprint density at radius 2 is 1.88 bits per heavy atom.